The van der Waals surface area contributed by atoms with Gasteiger partial charge in [-0.25, -0.2) is 0 Å². The average Bonchev–Trinajstić information content (AvgIpc) is 3.87. The Labute approximate surface area is 563 Å². The molecule has 404 valence electrons. The molecule has 24 heteroatoms. The van der Waals surface area contributed by atoms with E-state index in [9.17, 15) is 58.5 Å². The molecule has 6 fully saturated rings. The number of nitrogens with one attached hydrogen (secondary N) is 3. The minimum atomic E-state index is -1.24. The molecule has 0 radical (unpaired) electrons. The summed E-state index contributed by atoms with van der Waals surface area (Å²) in [6.07, 6.45) is 4.27. The SMILES string of the molecule is CC1(C)C[C@@H]2[C@H](NC(=O)CCc3ccc(S)cc3)C(=O)N2[C@H]1C(=O)[O-].CC1(C)C[C@@H]2[C@H](NC(=O)CCc3ccccc3)C(=O)N2[C@H]1C(=O)[O-].Cc1ccc(CCC(=O)N[C@@H]2C(=O)N3[C@@H]2CC(C)(C)[C@@H]3C(=O)[O-])cc1.[Na+].[Na+].[Na+].[Na+].[SH-]. The van der Waals surface area contributed by atoms with Crippen molar-refractivity contribution in [2.75, 3.05) is 0 Å². The first-order valence-electron chi connectivity index (χ1n) is 25.1. The number of hydrogen-bond acceptors (Lipinski definition) is 14. The molecule has 6 heterocycles. The number of aryl methyl sites for hydroxylation is 4. The molecule has 0 spiro atoms. The van der Waals surface area contributed by atoms with Gasteiger partial charge in [0, 0.05) is 24.2 Å². The van der Waals surface area contributed by atoms with E-state index in [0.717, 1.165) is 21.6 Å². The maximum atomic E-state index is 12.3. The van der Waals surface area contributed by atoms with Crippen molar-refractivity contribution in [3.05, 3.63) is 101 Å². The molecular weight excluding hydrogens is 1090 g/mol. The zero-order chi connectivity index (χ0) is 54.2. The Hall–Kier alpha value is -2.41. The van der Waals surface area contributed by atoms with Crippen LogP contribution >= 0.6 is 12.6 Å². The number of carbonyl (C=O) groups excluding carboxylic acids is 9. The molecule has 3 aromatic rings. The third-order valence-corrected chi connectivity index (χ3v) is 15.8. The van der Waals surface area contributed by atoms with Crippen molar-refractivity contribution in [2.24, 2.45) is 16.2 Å². The Kier molecular flexibility index (Phi) is 27.5. The van der Waals surface area contributed by atoms with Crippen LogP contribution in [0.15, 0.2) is 83.8 Å². The minimum Gasteiger partial charge on any atom is -0.813 e. The van der Waals surface area contributed by atoms with Crippen molar-refractivity contribution >= 4 is 79.5 Å². The van der Waals surface area contributed by atoms with Gasteiger partial charge in [0.15, 0.2) is 0 Å². The standard InChI is InChI=1S/C19H24N2O4.C18H22N2O4S.C18H22N2O4.4Na.H2S/c1-11-4-6-12(7-5-11)8-9-14(22)20-15-13-10-19(2,3)16(18(24)25)21(13)17(15)23;1-18(2)9-12-14(16(22)20(12)15(18)17(23)24)19-13(21)8-5-10-3-6-11(25)7-4-10;1-18(2)10-12-14(16(22)20(12)15(18)17(23)24)19-13(21)9-8-11-6-4-3-5-7-11;;;;;/h4-7,13,15-16H,8-10H2,1-3H3,(H,20,22)(H,24,25);3-4,6-7,12,14-15,25H,5,8-9H2,1-2H3,(H,19,21)(H,23,24);3-7,12,14-15H,8-10H2,1-2H3,(H,19,21)(H,23,24);;;;;1H2/q;;;4*+1;/p-4/t13-,15+,16+;2*12-,14+,15+;;;;;/m111...../s1. The molecule has 0 unspecified atom stereocenters. The number of nitrogens with zero attached hydrogens (tertiary/aromatic N) is 3. The third kappa shape index (κ3) is 16.5. The number of carbonyl (C=O) groups is 9. The molecule has 6 aliphatic rings. The molecule has 9 rings (SSSR count). The van der Waals surface area contributed by atoms with Gasteiger partial charge in [0.2, 0.25) is 35.4 Å². The first kappa shape index (κ1) is 72.7. The van der Waals surface area contributed by atoms with Crippen molar-refractivity contribution in [1.29, 1.82) is 0 Å². The van der Waals surface area contributed by atoms with Gasteiger partial charge in [-0.15, -0.1) is 12.6 Å². The van der Waals surface area contributed by atoms with E-state index in [-0.39, 0.29) is 192 Å². The number of carboxylic acids is 3. The Morgan fingerprint density at radius 3 is 1.03 bits per heavy atom. The molecule has 6 amide bonds. The van der Waals surface area contributed by atoms with E-state index < -0.39 is 70.4 Å². The Bertz CT molecular complexity index is 2580. The minimum absolute atomic E-state index is 0. The molecule has 0 aliphatic carbocycles. The van der Waals surface area contributed by atoms with Crippen LogP contribution in [0.5, 0.6) is 0 Å². The van der Waals surface area contributed by atoms with Gasteiger partial charge in [-0.1, -0.05) is 114 Å². The van der Waals surface area contributed by atoms with E-state index in [1.54, 1.807) is 0 Å². The molecule has 6 saturated heterocycles. The fourth-order valence-electron chi connectivity index (χ4n) is 11.7. The van der Waals surface area contributed by atoms with Gasteiger partial charge >= 0.3 is 118 Å². The largest absolute Gasteiger partial charge is 1.00 e. The number of rotatable bonds is 15. The van der Waals surface area contributed by atoms with E-state index in [1.807, 2.05) is 127 Å². The maximum absolute atomic E-state index is 12.3. The van der Waals surface area contributed by atoms with Crippen molar-refractivity contribution < 1.29 is 177 Å². The number of amides is 6. The van der Waals surface area contributed by atoms with Crippen LogP contribution in [0.25, 0.3) is 0 Å². The quantitative estimate of drug-likeness (QED) is 0.0478. The van der Waals surface area contributed by atoms with Crippen LogP contribution in [0.1, 0.15) is 102 Å². The Morgan fingerprint density at radius 2 is 0.747 bits per heavy atom. The van der Waals surface area contributed by atoms with Crippen molar-refractivity contribution in [3.8, 4) is 0 Å². The van der Waals surface area contributed by atoms with E-state index >= 15 is 0 Å². The Balaban J connectivity index is 0.000000393. The number of hydrogen-bond donors (Lipinski definition) is 4. The fourth-order valence-corrected chi connectivity index (χ4v) is 11.9. The number of fused-ring (bicyclic) bond motifs is 3. The number of carboxylic acid groups (broad SMARTS) is 3. The summed E-state index contributed by atoms with van der Waals surface area (Å²) in [6.45, 7) is 12.9. The molecule has 9 atom stereocenters. The molecule has 18 nitrogen and oxygen atoms in total. The van der Waals surface area contributed by atoms with Gasteiger partial charge in [-0.05, 0) is 90.5 Å². The zero-order valence-corrected chi connectivity index (χ0v) is 57.0. The molecular formula is C55H66N6Na4O12S2. The van der Waals surface area contributed by atoms with Crippen LogP contribution in [-0.2, 0) is 75.9 Å². The summed E-state index contributed by atoms with van der Waals surface area (Å²) in [5.41, 5.74) is 2.65. The van der Waals surface area contributed by atoms with Gasteiger partial charge < -0.3 is 73.8 Å². The second-order valence-electron chi connectivity index (χ2n) is 22.5. The van der Waals surface area contributed by atoms with Crippen molar-refractivity contribution in [3.63, 3.8) is 0 Å². The molecule has 79 heavy (non-hydrogen) atoms. The van der Waals surface area contributed by atoms with Crippen molar-refractivity contribution in [2.45, 2.75) is 166 Å². The van der Waals surface area contributed by atoms with E-state index in [1.165, 1.54) is 20.3 Å². The summed E-state index contributed by atoms with van der Waals surface area (Å²) < 4.78 is 0. The third-order valence-electron chi connectivity index (χ3n) is 15.5. The van der Waals surface area contributed by atoms with Gasteiger partial charge in [-0.2, -0.15) is 0 Å². The average molecular weight is 1160 g/mol. The molecule has 3 aromatic carbocycles. The zero-order valence-electron chi connectivity index (χ0n) is 47.2. The summed E-state index contributed by atoms with van der Waals surface area (Å²) in [7, 11) is 0. The molecule has 0 aromatic heterocycles. The van der Waals surface area contributed by atoms with Gasteiger partial charge in [-0.3, -0.25) is 28.8 Å². The van der Waals surface area contributed by atoms with Crippen LogP contribution in [-0.4, -0.2) is 122 Å². The van der Waals surface area contributed by atoms with Gasteiger partial charge in [0.1, 0.15) is 18.1 Å². The molecule has 0 saturated carbocycles. The van der Waals surface area contributed by atoms with Crippen LogP contribution in [0.3, 0.4) is 0 Å². The molecule has 6 aliphatic heterocycles. The smallest absolute Gasteiger partial charge is 0.813 e. The van der Waals surface area contributed by atoms with Crippen LogP contribution in [0.4, 0.5) is 0 Å². The van der Waals surface area contributed by atoms with Crippen LogP contribution in [0, 0.1) is 23.2 Å². The number of thiol groups is 2. The van der Waals surface area contributed by atoms with E-state index in [0.29, 0.717) is 51.4 Å². The number of benzene rings is 3. The van der Waals surface area contributed by atoms with E-state index in [2.05, 4.69) is 28.6 Å². The van der Waals surface area contributed by atoms with Crippen LogP contribution < -0.4 is 149 Å². The predicted molar refractivity (Wildman–Crippen MR) is 274 cm³/mol. The summed E-state index contributed by atoms with van der Waals surface area (Å²) in [5, 5.41) is 42.4. The molecule has 3 N–H and O–H groups in total. The molecule has 0 bridgehead atoms. The Morgan fingerprint density at radius 1 is 0.481 bits per heavy atom. The number of β-lactam (4-membered cyclic amide) rings is 3. The summed E-state index contributed by atoms with van der Waals surface area (Å²) in [6, 6.07) is 19.8. The normalized spacial score (nSPS) is 25.2. The second kappa shape index (κ2) is 29.9. The summed E-state index contributed by atoms with van der Waals surface area (Å²) >= 11 is 4.22. The van der Waals surface area contributed by atoms with Crippen LogP contribution in [0.2, 0.25) is 0 Å². The monoisotopic (exact) mass is 1160 g/mol. The number of aliphatic carboxylic acids is 3. The predicted octanol–water partition coefficient (Wildman–Crippen LogP) is -12.1. The summed E-state index contributed by atoms with van der Waals surface area (Å²) in [4.78, 5) is 112. The first-order valence-corrected chi connectivity index (χ1v) is 25.5. The fraction of sp³-hybridized carbons (Fsp3) is 0.509. The maximum Gasteiger partial charge on any atom is 1.00 e. The first-order chi connectivity index (χ1) is 34.7. The van der Waals surface area contributed by atoms with Gasteiger partial charge in [0.25, 0.3) is 0 Å². The van der Waals surface area contributed by atoms with Gasteiger partial charge in [0.05, 0.1) is 54.2 Å². The topological polar surface area (TPSA) is 269 Å². The van der Waals surface area contributed by atoms with E-state index in [4.69, 9.17) is 0 Å². The summed E-state index contributed by atoms with van der Waals surface area (Å²) in [5.74, 6) is -5.27. The second-order valence-corrected chi connectivity index (χ2v) is 23.0. The van der Waals surface area contributed by atoms with Crippen molar-refractivity contribution in [1.82, 2.24) is 30.7 Å².